The van der Waals surface area contributed by atoms with Gasteiger partial charge in [0.2, 0.25) is 5.91 Å². The molecule has 34 heavy (non-hydrogen) atoms. The molecule has 0 aliphatic carbocycles. The number of anilines is 1. The molecule has 0 aliphatic heterocycles. The third kappa shape index (κ3) is 6.25. The van der Waals surface area contributed by atoms with Gasteiger partial charge in [0.25, 0.3) is 17.4 Å². The SMILES string of the molecule is CCC(=O)Nc1ccc(C(=O)NCCNC(=O)c2c[nH]c(=O)n(Cc3ccccn3)c2=O)cc1. The van der Waals surface area contributed by atoms with Crippen molar-refractivity contribution in [2.24, 2.45) is 0 Å². The zero-order chi connectivity index (χ0) is 24.5. The first-order valence-corrected chi connectivity index (χ1v) is 10.6. The van der Waals surface area contributed by atoms with Gasteiger partial charge in [-0.3, -0.25) is 28.7 Å². The number of pyridine rings is 1. The molecule has 0 fully saturated rings. The van der Waals surface area contributed by atoms with Crippen molar-refractivity contribution >= 4 is 23.4 Å². The molecule has 11 heteroatoms. The second-order valence-electron chi connectivity index (χ2n) is 7.21. The predicted octanol–water partition coefficient (Wildman–Crippen LogP) is 0.488. The maximum Gasteiger partial charge on any atom is 0.328 e. The summed E-state index contributed by atoms with van der Waals surface area (Å²) in [6.45, 7) is 1.84. The van der Waals surface area contributed by atoms with Gasteiger partial charge in [-0.1, -0.05) is 13.0 Å². The minimum absolute atomic E-state index is 0.0635. The number of aromatic amines is 1. The molecule has 0 atom stereocenters. The summed E-state index contributed by atoms with van der Waals surface area (Å²) in [7, 11) is 0. The van der Waals surface area contributed by atoms with Crippen molar-refractivity contribution in [1.29, 1.82) is 0 Å². The molecule has 11 nitrogen and oxygen atoms in total. The topological polar surface area (TPSA) is 155 Å². The number of amides is 3. The minimum Gasteiger partial charge on any atom is -0.350 e. The maximum absolute atomic E-state index is 12.6. The monoisotopic (exact) mass is 464 g/mol. The fourth-order valence-corrected chi connectivity index (χ4v) is 2.97. The lowest BCUT2D eigenvalue weighted by Gasteiger charge is -2.09. The molecule has 0 radical (unpaired) electrons. The van der Waals surface area contributed by atoms with Crippen molar-refractivity contribution in [2.45, 2.75) is 19.9 Å². The largest absolute Gasteiger partial charge is 0.350 e. The van der Waals surface area contributed by atoms with Gasteiger partial charge in [0.05, 0.1) is 12.2 Å². The van der Waals surface area contributed by atoms with Crippen LogP contribution in [0, 0.1) is 0 Å². The van der Waals surface area contributed by atoms with Gasteiger partial charge in [-0.15, -0.1) is 0 Å². The number of benzene rings is 1. The van der Waals surface area contributed by atoms with Crippen LogP contribution in [-0.4, -0.2) is 45.3 Å². The standard InChI is InChI=1S/C23H24N6O5/c1-2-19(30)28-16-8-6-15(7-9-16)20(31)25-11-12-26-21(32)18-13-27-23(34)29(22(18)33)14-17-5-3-4-10-24-17/h3-10,13H,2,11-12,14H2,1H3,(H,25,31)(H,26,32)(H,27,34)(H,28,30). The summed E-state index contributed by atoms with van der Waals surface area (Å²) in [4.78, 5) is 67.2. The molecule has 3 amide bonds. The average Bonchev–Trinajstić information content (AvgIpc) is 2.85. The molecule has 2 heterocycles. The van der Waals surface area contributed by atoms with E-state index in [-0.39, 0.29) is 37.0 Å². The Balaban J connectivity index is 1.53. The smallest absolute Gasteiger partial charge is 0.328 e. The second-order valence-corrected chi connectivity index (χ2v) is 7.21. The van der Waals surface area contributed by atoms with Crippen LogP contribution >= 0.6 is 0 Å². The van der Waals surface area contributed by atoms with Gasteiger partial charge < -0.3 is 20.9 Å². The molecule has 0 saturated carbocycles. The van der Waals surface area contributed by atoms with Crippen molar-refractivity contribution in [2.75, 3.05) is 18.4 Å². The molecule has 1 aromatic carbocycles. The van der Waals surface area contributed by atoms with E-state index in [1.54, 1.807) is 49.4 Å². The summed E-state index contributed by atoms with van der Waals surface area (Å²) in [5.41, 5.74) is -0.155. The quantitative estimate of drug-likeness (QED) is 0.338. The Bertz CT molecular complexity index is 1280. The van der Waals surface area contributed by atoms with E-state index in [1.165, 1.54) is 6.20 Å². The Kier molecular flexibility index (Phi) is 8.06. The number of hydrogen-bond donors (Lipinski definition) is 4. The third-order valence-corrected chi connectivity index (χ3v) is 4.80. The molecule has 3 aromatic rings. The number of rotatable bonds is 9. The van der Waals surface area contributed by atoms with Crippen LogP contribution in [0.15, 0.2) is 64.4 Å². The summed E-state index contributed by atoms with van der Waals surface area (Å²) in [5, 5.41) is 7.89. The van der Waals surface area contributed by atoms with Gasteiger partial charge in [-0.25, -0.2) is 4.79 Å². The molecule has 4 N–H and O–H groups in total. The first-order chi connectivity index (χ1) is 16.4. The lowest BCUT2D eigenvalue weighted by atomic mass is 10.2. The lowest BCUT2D eigenvalue weighted by Crippen LogP contribution is -2.42. The van der Waals surface area contributed by atoms with Crippen LogP contribution in [0.3, 0.4) is 0 Å². The molecule has 0 spiro atoms. The summed E-state index contributed by atoms with van der Waals surface area (Å²) >= 11 is 0. The highest BCUT2D eigenvalue weighted by molar-refractivity contribution is 5.96. The van der Waals surface area contributed by atoms with Crippen LogP contribution in [0.1, 0.15) is 39.8 Å². The van der Waals surface area contributed by atoms with Crippen LogP contribution in [0.5, 0.6) is 0 Å². The number of nitrogens with zero attached hydrogens (tertiary/aromatic N) is 2. The van der Waals surface area contributed by atoms with Gasteiger partial charge in [0.15, 0.2) is 0 Å². The van der Waals surface area contributed by atoms with Crippen LogP contribution in [0.2, 0.25) is 0 Å². The predicted molar refractivity (Wildman–Crippen MR) is 125 cm³/mol. The zero-order valence-corrected chi connectivity index (χ0v) is 18.5. The van der Waals surface area contributed by atoms with E-state index < -0.39 is 17.2 Å². The van der Waals surface area contributed by atoms with Gasteiger partial charge in [0, 0.05) is 43.2 Å². The highest BCUT2D eigenvalue weighted by Gasteiger charge is 2.15. The Morgan fingerprint density at radius 2 is 1.68 bits per heavy atom. The van der Waals surface area contributed by atoms with Crippen molar-refractivity contribution in [3.05, 3.63) is 92.5 Å². The van der Waals surface area contributed by atoms with Crippen LogP contribution in [0.4, 0.5) is 5.69 Å². The minimum atomic E-state index is -0.744. The molecule has 0 aliphatic rings. The first-order valence-electron chi connectivity index (χ1n) is 10.6. The van der Waals surface area contributed by atoms with Crippen molar-refractivity contribution in [3.63, 3.8) is 0 Å². The zero-order valence-electron chi connectivity index (χ0n) is 18.5. The fraction of sp³-hybridized carbons (Fsp3) is 0.217. The molecular weight excluding hydrogens is 440 g/mol. The highest BCUT2D eigenvalue weighted by atomic mass is 16.2. The van der Waals surface area contributed by atoms with Crippen molar-refractivity contribution < 1.29 is 14.4 Å². The van der Waals surface area contributed by atoms with E-state index in [4.69, 9.17) is 0 Å². The molecule has 0 saturated heterocycles. The maximum atomic E-state index is 12.6. The van der Waals surface area contributed by atoms with Gasteiger partial charge in [0.1, 0.15) is 5.56 Å². The van der Waals surface area contributed by atoms with Gasteiger partial charge in [-0.2, -0.15) is 0 Å². The number of H-pyrrole nitrogens is 1. The second kappa shape index (κ2) is 11.4. The number of aromatic nitrogens is 3. The van der Waals surface area contributed by atoms with Crippen LogP contribution in [-0.2, 0) is 11.3 Å². The normalized spacial score (nSPS) is 10.4. The summed E-state index contributed by atoms with van der Waals surface area (Å²) in [5.74, 6) is -1.16. The Morgan fingerprint density at radius 3 is 2.32 bits per heavy atom. The lowest BCUT2D eigenvalue weighted by molar-refractivity contribution is -0.115. The average molecular weight is 464 g/mol. The fourth-order valence-electron chi connectivity index (χ4n) is 2.97. The molecule has 3 rings (SSSR count). The highest BCUT2D eigenvalue weighted by Crippen LogP contribution is 2.09. The summed E-state index contributed by atoms with van der Waals surface area (Å²) < 4.78 is 0.894. The third-order valence-electron chi connectivity index (χ3n) is 4.80. The molecule has 176 valence electrons. The van der Waals surface area contributed by atoms with E-state index in [2.05, 4.69) is 25.9 Å². The summed E-state index contributed by atoms with van der Waals surface area (Å²) in [6.07, 6.45) is 2.95. The van der Waals surface area contributed by atoms with E-state index >= 15 is 0 Å². The van der Waals surface area contributed by atoms with E-state index in [9.17, 15) is 24.0 Å². The van der Waals surface area contributed by atoms with Crippen molar-refractivity contribution in [3.8, 4) is 0 Å². The number of carbonyl (C=O) groups is 3. The number of hydrogen-bond acceptors (Lipinski definition) is 6. The Morgan fingerprint density at radius 1 is 0.971 bits per heavy atom. The molecule has 0 unspecified atom stereocenters. The molecular formula is C23H24N6O5. The van der Waals surface area contributed by atoms with Crippen molar-refractivity contribution in [1.82, 2.24) is 25.2 Å². The van der Waals surface area contributed by atoms with E-state index in [0.29, 0.717) is 23.4 Å². The number of nitrogens with one attached hydrogen (secondary N) is 4. The first kappa shape index (κ1) is 24.1. The Hall–Kier alpha value is -4.54. The van der Waals surface area contributed by atoms with Gasteiger partial charge in [-0.05, 0) is 36.4 Å². The Labute approximate surface area is 194 Å². The number of carbonyl (C=O) groups excluding carboxylic acids is 3. The van der Waals surface area contributed by atoms with Crippen LogP contribution < -0.4 is 27.2 Å². The van der Waals surface area contributed by atoms with E-state index in [0.717, 1.165) is 10.8 Å². The van der Waals surface area contributed by atoms with Crippen LogP contribution in [0.25, 0.3) is 0 Å². The molecule has 2 aromatic heterocycles. The summed E-state index contributed by atoms with van der Waals surface area (Å²) in [6, 6.07) is 11.5. The molecule has 0 bridgehead atoms. The van der Waals surface area contributed by atoms with E-state index in [1.807, 2.05) is 0 Å². The van der Waals surface area contributed by atoms with Gasteiger partial charge >= 0.3 is 5.69 Å².